The average Bonchev–Trinajstić information content (AvgIpc) is 3.09. The molecule has 0 saturated carbocycles. The number of unbranched alkanes of at least 4 members (excludes halogenated alkanes) is 18. The zero-order valence-electron chi connectivity index (χ0n) is 31.2. The number of carbonyl (C=O) groups excluding carboxylic acids is 2. The second-order valence-corrected chi connectivity index (χ2v) is 14.5. The fraction of sp³-hybridized carbons (Fsp3) is 0.816. The van der Waals surface area contributed by atoms with Crippen molar-refractivity contribution in [2.45, 2.75) is 180 Å². The molecule has 0 aromatic carbocycles. The van der Waals surface area contributed by atoms with Crippen molar-refractivity contribution in [2.75, 3.05) is 19.8 Å². The van der Waals surface area contributed by atoms with Crippen LogP contribution in [0, 0.1) is 0 Å². The Labute approximate surface area is 302 Å². The van der Waals surface area contributed by atoms with E-state index in [4.69, 9.17) is 24.8 Å². The molecule has 0 heterocycles. The summed E-state index contributed by atoms with van der Waals surface area (Å²) in [5, 5.41) is 8.85. The summed E-state index contributed by atoms with van der Waals surface area (Å²) >= 11 is 0. The number of hydrogen-bond donors (Lipinski definition) is 3. The summed E-state index contributed by atoms with van der Waals surface area (Å²) in [6, 6.07) is -1.52. The van der Waals surface area contributed by atoms with Crippen molar-refractivity contribution in [3.63, 3.8) is 0 Å². The van der Waals surface area contributed by atoms with E-state index in [1.807, 2.05) is 0 Å². The highest BCUT2D eigenvalue weighted by atomic mass is 31.2. The van der Waals surface area contributed by atoms with E-state index in [-0.39, 0.29) is 19.4 Å². The molecule has 0 aromatic heterocycles. The Bertz CT molecular complexity index is 958. The minimum Gasteiger partial charge on any atom is -0.480 e. The number of aliphatic carboxylic acids is 1. The normalized spacial score (nSPS) is 14.2. The van der Waals surface area contributed by atoms with Gasteiger partial charge in [0.05, 0.1) is 13.2 Å². The molecule has 1 unspecified atom stereocenters. The van der Waals surface area contributed by atoms with Gasteiger partial charge in [-0.05, 0) is 44.9 Å². The zero-order chi connectivity index (χ0) is 37.1. The lowest BCUT2D eigenvalue weighted by Gasteiger charge is -2.20. The Balaban J connectivity index is 4.46. The first-order valence-electron chi connectivity index (χ1n) is 19.4. The van der Waals surface area contributed by atoms with Crippen molar-refractivity contribution in [2.24, 2.45) is 5.73 Å². The van der Waals surface area contributed by atoms with E-state index in [2.05, 4.69) is 42.7 Å². The van der Waals surface area contributed by atoms with Crippen LogP contribution in [-0.4, -0.2) is 59.9 Å². The Morgan fingerprint density at radius 1 is 0.620 bits per heavy atom. The lowest BCUT2D eigenvalue weighted by atomic mass is 10.1. The molecule has 0 aliphatic heterocycles. The minimum atomic E-state index is -4.71. The van der Waals surface area contributed by atoms with Gasteiger partial charge in [0.1, 0.15) is 12.6 Å². The Morgan fingerprint density at radius 3 is 1.60 bits per heavy atom. The third-order valence-corrected chi connectivity index (χ3v) is 9.15. The number of phosphoric ester groups is 1. The van der Waals surface area contributed by atoms with E-state index < -0.39 is 51.1 Å². The second kappa shape index (κ2) is 34.1. The fourth-order valence-electron chi connectivity index (χ4n) is 5.09. The summed E-state index contributed by atoms with van der Waals surface area (Å²) in [7, 11) is -4.71. The quantitative estimate of drug-likeness (QED) is 0.0242. The Kier molecular flexibility index (Phi) is 32.7. The molecule has 0 aliphatic carbocycles. The number of ether oxygens (including phenoxy) is 2. The van der Waals surface area contributed by atoms with Gasteiger partial charge < -0.3 is 25.2 Å². The van der Waals surface area contributed by atoms with Crippen LogP contribution in [-0.2, 0) is 37.5 Å². The van der Waals surface area contributed by atoms with Crippen LogP contribution in [0.25, 0.3) is 0 Å². The molecule has 11 nitrogen and oxygen atoms in total. The highest BCUT2D eigenvalue weighted by Gasteiger charge is 2.28. The summed E-state index contributed by atoms with van der Waals surface area (Å²) in [4.78, 5) is 45.7. The summed E-state index contributed by atoms with van der Waals surface area (Å²) in [5.74, 6) is -2.39. The molecule has 4 N–H and O–H groups in total. The van der Waals surface area contributed by atoms with Crippen molar-refractivity contribution < 1.29 is 47.5 Å². The molecule has 12 heteroatoms. The van der Waals surface area contributed by atoms with Crippen molar-refractivity contribution in [3.8, 4) is 0 Å². The number of esters is 2. The van der Waals surface area contributed by atoms with Gasteiger partial charge >= 0.3 is 25.7 Å². The summed E-state index contributed by atoms with van der Waals surface area (Å²) in [6.07, 6.45) is 32.4. The monoisotopic (exact) mass is 731 g/mol. The van der Waals surface area contributed by atoms with Crippen molar-refractivity contribution >= 4 is 25.7 Å². The Morgan fingerprint density at radius 2 is 1.06 bits per heavy atom. The molecular weight excluding hydrogens is 661 g/mol. The first-order valence-corrected chi connectivity index (χ1v) is 20.9. The van der Waals surface area contributed by atoms with Crippen LogP contribution in [0.2, 0.25) is 0 Å². The van der Waals surface area contributed by atoms with E-state index in [1.165, 1.54) is 64.2 Å². The van der Waals surface area contributed by atoms with Gasteiger partial charge in [-0.1, -0.05) is 134 Å². The molecule has 0 spiro atoms. The predicted octanol–water partition coefficient (Wildman–Crippen LogP) is 9.50. The fourth-order valence-corrected chi connectivity index (χ4v) is 5.87. The first kappa shape index (κ1) is 48.0. The molecular formula is C38H70NO10P. The molecule has 292 valence electrons. The SMILES string of the molecule is CCCCC/C=C/C/C=C/CCCCCCCC(=O)O[C@H](COC(=O)CCCCCCCCCCCCC)COP(=O)(O)OC[C@H](N)C(=O)O. The van der Waals surface area contributed by atoms with Crippen LogP contribution in [0.15, 0.2) is 24.3 Å². The van der Waals surface area contributed by atoms with E-state index in [0.717, 1.165) is 64.2 Å². The lowest BCUT2D eigenvalue weighted by molar-refractivity contribution is -0.161. The molecule has 0 amide bonds. The van der Waals surface area contributed by atoms with Gasteiger partial charge in [0, 0.05) is 12.8 Å². The molecule has 0 rings (SSSR count). The van der Waals surface area contributed by atoms with Crippen molar-refractivity contribution in [1.29, 1.82) is 0 Å². The van der Waals surface area contributed by atoms with Crippen LogP contribution in [0.5, 0.6) is 0 Å². The predicted molar refractivity (Wildman–Crippen MR) is 199 cm³/mol. The lowest BCUT2D eigenvalue weighted by Crippen LogP contribution is -2.34. The third-order valence-electron chi connectivity index (χ3n) is 8.20. The van der Waals surface area contributed by atoms with Gasteiger partial charge in [-0.15, -0.1) is 0 Å². The summed E-state index contributed by atoms with van der Waals surface area (Å²) in [5.41, 5.74) is 5.31. The van der Waals surface area contributed by atoms with Crippen LogP contribution in [0.4, 0.5) is 0 Å². The average molecular weight is 732 g/mol. The maximum absolute atomic E-state index is 12.6. The molecule has 0 aliphatic rings. The maximum atomic E-state index is 12.6. The number of rotatable bonds is 36. The van der Waals surface area contributed by atoms with Crippen LogP contribution < -0.4 is 5.73 Å². The van der Waals surface area contributed by atoms with Crippen molar-refractivity contribution in [1.82, 2.24) is 0 Å². The van der Waals surface area contributed by atoms with E-state index in [0.29, 0.717) is 12.8 Å². The van der Waals surface area contributed by atoms with E-state index in [1.54, 1.807) is 0 Å². The molecule has 0 saturated heterocycles. The number of nitrogens with two attached hydrogens (primary N) is 1. The van der Waals surface area contributed by atoms with Crippen LogP contribution >= 0.6 is 7.82 Å². The standard InChI is InChI=1S/C38H70NO10P/c1-3-5-7-9-11-13-15-16-17-18-20-22-24-26-28-30-37(41)49-34(32-47-50(44,45)48-33-35(39)38(42)43)31-46-36(40)29-27-25-23-21-19-14-12-10-8-6-4-2/h11,13,16-17,34-35H,3-10,12,14-15,18-33,39H2,1-2H3,(H,42,43)(H,44,45)/b13-11+,17-16+/t34-,35+/m1/s1. The third kappa shape index (κ3) is 33.1. The summed E-state index contributed by atoms with van der Waals surface area (Å²) in [6.45, 7) is 2.74. The largest absolute Gasteiger partial charge is 0.480 e. The van der Waals surface area contributed by atoms with Gasteiger partial charge in [0.2, 0.25) is 0 Å². The molecule has 0 fully saturated rings. The molecule has 50 heavy (non-hydrogen) atoms. The smallest absolute Gasteiger partial charge is 0.472 e. The van der Waals surface area contributed by atoms with E-state index in [9.17, 15) is 23.8 Å². The first-order chi connectivity index (χ1) is 24.1. The highest BCUT2D eigenvalue weighted by molar-refractivity contribution is 7.47. The summed E-state index contributed by atoms with van der Waals surface area (Å²) < 4.78 is 32.5. The van der Waals surface area contributed by atoms with Crippen LogP contribution in [0.1, 0.15) is 168 Å². The zero-order valence-corrected chi connectivity index (χ0v) is 32.1. The molecule has 0 radical (unpaired) electrons. The van der Waals surface area contributed by atoms with E-state index >= 15 is 0 Å². The van der Waals surface area contributed by atoms with Gasteiger partial charge in [0.15, 0.2) is 6.10 Å². The molecule has 3 atom stereocenters. The van der Waals surface area contributed by atoms with Gasteiger partial charge in [-0.2, -0.15) is 0 Å². The number of phosphoric acid groups is 1. The number of carbonyl (C=O) groups is 3. The number of hydrogen-bond acceptors (Lipinski definition) is 9. The van der Waals surface area contributed by atoms with Crippen molar-refractivity contribution in [3.05, 3.63) is 24.3 Å². The topological polar surface area (TPSA) is 172 Å². The second-order valence-electron chi connectivity index (χ2n) is 13.1. The van der Waals surface area contributed by atoms with Gasteiger partial charge in [-0.25, -0.2) is 4.57 Å². The Hall–Kier alpha value is -2.04. The van der Waals surface area contributed by atoms with Gasteiger partial charge in [0.25, 0.3) is 0 Å². The van der Waals surface area contributed by atoms with Gasteiger partial charge in [-0.3, -0.25) is 23.4 Å². The highest BCUT2D eigenvalue weighted by Crippen LogP contribution is 2.43. The number of carboxylic acids is 1. The number of carboxylic acid groups (broad SMARTS) is 1. The molecule has 0 bridgehead atoms. The molecule has 0 aromatic rings. The number of allylic oxidation sites excluding steroid dienone is 4. The minimum absolute atomic E-state index is 0.147. The van der Waals surface area contributed by atoms with Crippen LogP contribution in [0.3, 0.4) is 0 Å². The maximum Gasteiger partial charge on any atom is 0.472 e.